The summed E-state index contributed by atoms with van der Waals surface area (Å²) in [7, 11) is 1.61. The van der Waals surface area contributed by atoms with Crippen molar-refractivity contribution in [2.75, 3.05) is 13.4 Å². The second-order valence-electron chi connectivity index (χ2n) is 4.36. The fourth-order valence-corrected chi connectivity index (χ4v) is 2.21. The van der Waals surface area contributed by atoms with E-state index < -0.39 is 0 Å². The molecule has 1 amide bonds. The first-order chi connectivity index (χ1) is 10.1. The molecule has 1 heterocycles. The maximum Gasteiger partial charge on any atom is 0.256 e. The zero-order valence-corrected chi connectivity index (χ0v) is 12.7. The summed E-state index contributed by atoms with van der Waals surface area (Å²) in [4.78, 5) is 16.3. The van der Waals surface area contributed by atoms with Crippen LogP contribution >= 0.6 is 11.8 Å². The van der Waals surface area contributed by atoms with Gasteiger partial charge in [-0.1, -0.05) is 12.1 Å². The van der Waals surface area contributed by atoms with Crippen LogP contribution in [0.15, 0.2) is 41.0 Å². The van der Waals surface area contributed by atoms with Crippen LogP contribution in [0.25, 0.3) is 0 Å². The van der Waals surface area contributed by atoms with Crippen LogP contribution in [-0.2, 0) is 11.3 Å². The number of nitrogens with two attached hydrogens (primary N) is 1. The van der Waals surface area contributed by atoms with Crippen LogP contribution in [0.5, 0.6) is 5.75 Å². The molecule has 7 heteroatoms. The summed E-state index contributed by atoms with van der Waals surface area (Å²) < 4.78 is 5.09. The summed E-state index contributed by atoms with van der Waals surface area (Å²) in [6.07, 6.45) is 3.52. The van der Waals surface area contributed by atoms with Gasteiger partial charge >= 0.3 is 0 Å². The van der Waals surface area contributed by atoms with Gasteiger partial charge in [-0.25, -0.2) is 4.99 Å². The fraction of sp³-hybridized carbons (Fsp3) is 0.286. The number of aliphatic imine (C=N–C) groups is 1. The molecule has 1 aliphatic heterocycles. The van der Waals surface area contributed by atoms with E-state index in [1.165, 1.54) is 11.8 Å². The molecule has 21 heavy (non-hydrogen) atoms. The van der Waals surface area contributed by atoms with Crippen molar-refractivity contribution < 1.29 is 9.53 Å². The Balaban J connectivity index is 1.93. The zero-order valence-electron chi connectivity index (χ0n) is 11.9. The maximum atomic E-state index is 12.1. The van der Waals surface area contributed by atoms with E-state index >= 15 is 0 Å². The summed E-state index contributed by atoms with van der Waals surface area (Å²) in [5.41, 5.74) is 7.00. The van der Waals surface area contributed by atoms with E-state index in [1.807, 2.05) is 30.5 Å². The molecule has 0 fully saturated rings. The van der Waals surface area contributed by atoms with Crippen LogP contribution < -0.4 is 21.1 Å². The molecule has 1 unspecified atom stereocenters. The van der Waals surface area contributed by atoms with Gasteiger partial charge in [-0.2, -0.15) is 0 Å². The van der Waals surface area contributed by atoms with Crippen molar-refractivity contribution in [3.05, 3.63) is 41.6 Å². The molecule has 2 rings (SSSR count). The smallest absolute Gasteiger partial charge is 0.256 e. The summed E-state index contributed by atoms with van der Waals surface area (Å²) in [5, 5.41) is 5.81. The molecule has 0 bridgehead atoms. The van der Waals surface area contributed by atoms with Crippen molar-refractivity contribution in [1.82, 2.24) is 10.6 Å². The van der Waals surface area contributed by atoms with Gasteiger partial charge < -0.3 is 21.1 Å². The molecular weight excluding hydrogens is 288 g/mol. The third kappa shape index (κ3) is 3.91. The summed E-state index contributed by atoms with van der Waals surface area (Å²) in [6, 6.07) is 7.49. The Hall–Kier alpha value is -2.15. The minimum atomic E-state index is -0.251. The number of rotatable bonds is 5. The van der Waals surface area contributed by atoms with Crippen LogP contribution in [-0.4, -0.2) is 30.6 Å². The number of thioether (sulfide) groups is 1. The molecule has 1 aliphatic rings. The Morgan fingerprint density at radius 1 is 1.48 bits per heavy atom. The number of carbonyl (C=O) groups excluding carboxylic acids is 1. The average molecular weight is 306 g/mol. The van der Waals surface area contributed by atoms with Crippen molar-refractivity contribution in [2.45, 2.75) is 12.0 Å². The molecule has 0 saturated carbocycles. The second kappa shape index (κ2) is 7.03. The molecule has 0 saturated heterocycles. The highest BCUT2D eigenvalue weighted by molar-refractivity contribution is 7.99. The van der Waals surface area contributed by atoms with Crippen LogP contribution in [0, 0.1) is 0 Å². The van der Waals surface area contributed by atoms with Gasteiger partial charge in [0.05, 0.1) is 12.7 Å². The van der Waals surface area contributed by atoms with E-state index in [9.17, 15) is 4.79 Å². The van der Waals surface area contributed by atoms with Crippen LogP contribution in [0.4, 0.5) is 0 Å². The van der Waals surface area contributed by atoms with E-state index in [0.717, 1.165) is 11.3 Å². The SMILES string of the molecule is COc1ccc(CNC(=O)C2=CNC(SC)N=C2N)cc1. The number of methoxy groups -OCH3 is 1. The number of hydrogen-bond acceptors (Lipinski definition) is 6. The van der Waals surface area contributed by atoms with Gasteiger partial charge in [0.25, 0.3) is 5.91 Å². The molecule has 112 valence electrons. The number of nitrogens with zero attached hydrogens (tertiary/aromatic N) is 1. The van der Waals surface area contributed by atoms with Gasteiger partial charge in [-0.15, -0.1) is 11.8 Å². The molecule has 0 aliphatic carbocycles. The molecule has 1 aromatic rings. The van der Waals surface area contributed by atoms with Gasteiger partial charge in [0.1, 0.15) is 11.6 Å². The first-order valence-electron chi connectivity index (χ1n) is 6.38. The summed E-state index contributed by atoms with van der Waals surface area (Å²) in [6.45, 7) is 0.416. The molecule has 1 atom stereocenters. The number of amidine groups is 1. The number of nitrogens with one attached hydrogen (secondary N) is 2. The standard InChI is InChI=1S/C14H18N4O2S/c1-20-10-5-3-9(4-6-10)7-16-13(19)11-8-17-14(21-2)18-12(11)15/h3-6,8,14,17H,7H2,1-2H3,(H2,15,18)(H,16,19). The Bertz CT molecular complexity index is 569. The number of hydrogen-bond donors (Lipinski definition) is 3. The van der Waals surface area contributed by atoms with Crippen molar-refractivity contribution in [1.29, 1.82) is 0 Å². The maximum absolute atomic E-state index is 12.1. The highest BCUT2D eigenvalue weighted by Gasteiger charge is 2.19. The number of benzene rings is 1. The Labute approximate surface area is 127 Å². The monoisotopic (exact) mass is 306 g/mol. The number of ether oxygens (including phenoxy) is 1. The normalized spacial score (nSPS) is 17.3. The van der Waals surface area contributed by atoms with Crippen molar-refractivity contribution in [2.24, 2.45) is 10.7 Å². The van der Waals surface area contributed by atoms with Gasteiger partial charge in [0, 0.05) is 12.7 Å². The zero-order chi connectivity index (χ0) is 15.2. The fourth-order valence-electron chi connectivity index (χ4n) is 1.79. The molecule has 0 aromatic heterocycles. The lowest BCUT2D eigenvalue weighted by Crippen LogP contribution is -2.37. The Morgan fingerprint density at radius 2 is 2.19 bits per heavy atom. The second-order valence-corrected chi connectivity index (χ2v) is 5.28. The van der Waals surface area contributed by atoms with Crippen molar-refractivity contribution in [3.63, 3.8) is 0 Å². The third-order valence-corrected chi connectivity index (χ3v) is 3.67. The van der Waals surface area contributed by atoms with Crippen molar-refractivity contribution >= 4 is 23.5 Å². The predicted molar refractivity (Wildman–Crippen MR) is 85.0 cm³/mol. The highest BCUT2D eigenvalue weighted by atomic mass is 32.2. The van der Waals surface area contributed by atoms with Crippen LogP contribution in [0.3, 0.4) is 0 Å². The molecule has 0 radical (unpaired) electrons. The van der Waals surface area contributed by atoms with Crippen LogP contribution in [0.2, 0.25) is 0 Å². The summed E-state index contributed by atoms with van der Waals surface area (Å²) in [5.74, 6) is 0.781. The van der Waals surface area contributed by atoms with E-state index in [4.69, 9.17) is 10.5 Å². The number of amides is 1. The lowest BCUT2D eigenvalue weighted by Gasteiger charge is -2.18. The Morgan fingerprint density at radius 3 is 2.76 bits per heavy atom. The minimum Gasteiger partial charge on any atom is -0.497 e. The third-order valence-electron chi connectivity index (χ3n) is 2.98. The van der Waals surface area contributed by atoms with E-state index in [1.54, 1.807) is 13.3 Å². The lowest BCUT2D eigenvalue weighted by atomic mass is 10.2. The van der Waals surface area contributed by atoms with Gasteiger partial charge in [-0.3, -0.25) is 4.79 Å². The average Bonchev–Trinajstić information content (AvgIpc) is 2.52. The highest BCUT2D eigenvalue weighted by Crippen LogP contribution is 2.13. The Kier molecular flexibility index (Phi) is 5.10. The topological polar surface area (TPSA) is 88.7 Å². The quantitative estimate of drug-likeness (QED) is 0.749. The van der Waals surface area contributed by atoms with E-state index in [0.29, 0.717) is 12.1 Å². The predicted octanol–water partition coefficient (Wildman–Crippen LogP) is 0.802. The molecular formula is C14H18N4O2S. The first-order valence-corrected chi connectivity index (χ1v) is 7.66. The van der Waals surface area contributed by atoms with Gasteiger partial charge in [-0.05, 0) is 24.0 Å². The minimum absolute atomic E-state index is 0.136. The lowest BCUT2D eigenvalue weighted by molar-refractivity contribution is -0.117. The van der Waals surface area contributed by atoms with Crippen LogP contribution in [0.1, 0.15) is 5.56 Å². The molecule has 1 aromatic carbocycles. The van der Waals surface area contributed by atoms with Gasteiger partial charge in [0.2, 0.25) is 0 Å². The molecule has 4 N–H and O–H groups in total. The molecule has 6 nitrogen and oxygen atoms in total. The van der Waals surface area contributed by atoms with Crippen molar-refractivity contribution in [3.8, 4) is 5.75 Å². The molecule has 0 spiro atoms. The summed E-state index contributed by atoms with van der Waals surface area (Å²) >= 11 is 1.51. The largest absolute Gasteiger partial charge is 0.497 e. The van der Waals surface area contributed by atoms with E-state index in [-0.39, 0.29) is 17.2 Å². The first kappa shape index (κ1) is 15.2. The number of carbonyl (C=O) groups is 1. The van der Waals surface area contributed by atoms with Gasteiger partial charge in [0.15, 0.2) is 5.50 Å². The van der Waals surface area contributed by atoms with E-state index in [2.05, 4.69) is 15.6 Å².